The molecule has 0 aliphatic carbocycles. The fourth-order valence-corrected chi connectivity index (χ4v) is 1.56. The van der Waals surface area contributed by atoms with Crippen LogP contribution in [0.15, 0.2) is 18.2 Å². The van der Waals surface area contributed by atoms with E-state index in [0.29, 0.717) is 18.7 Å². The van der Waals surface area contributed by atoms with Gasteiger partial charge in [-0.1, -0.05) is 6.07 Å². The van der Waals surface area contributed by atoms with Gasteiger partial charge in [0.1, 0.15) is 5.82 Å². The first-order chi connectivity index (χ1) is 6.70. The summed E-state index contributed by atoms with van der Waals surface area (Å²) in [6.07, 6.45) is 0.580. The zero-order valence-corrected chi connectivity index (χ0v) is 7.53. The molecule has 4 heteroatoms. The molecule has 1 atom stereocenters. The molecule has 1 aromatic carbocycles. The number of carbonyl (C=O) groups excluding carboxylic acids is 1. The van der Waals surface area contributed by atoms with Crippen molar-refractivity contribution in [3.05, 3.63) is 30.1 Å². The zero-order chi connectivity index (χ0) is 10.1. The maximum Gasteiger partial charge on any atom is 0.244 e. The van der Waals surface area contributed by atoms with Crippen LogP contribution < -0.4 is 10.6 Å². The Morgan fingerprint density at radius 2 is 2.43 bits per heavy atom. The van der Waals surface area contributed by atoms with Crippen LogP contribution in [0.5, 0.6) is 0 Å². The van der Waals surface area contributed by atoms with E-state index in [1.54, 1.807) is 6.07 Å². The number of hydrogen-bond donors (Lipinski definition) is 1. The fraction of sp³-hybridized carbons (Fsp3) is 0.300. The summed E-state index contributed by atoms with van der Waals surface area (Å²) in [5.41, 5.74) is 5.83. The lowest BCUT2D eigenvalue weighted by atomic mass is 10.2. The van der Waals surface area contributed by atoms with Crippen LogP contribution in [-0.4, -0.2) is 18.5 Å². The highest BCUT2D eigenvalue weighted by molar-refractivity contribution is 5.99. The molecule has 14 heavy (non-hydrogen) atoms. The van der Waals surface area contributed by atoms with Gasteiger partial charge in [0.25, 0.3) is 0 Å². The van der Waals surface area contributed by atoms with Crippen LogP contribution in [0.4, 0.5) is 10.1 Å². The Hall–Kier alpha value is -1.42. The van der Waals surface area contributed by atoms with E-state index < -0.39 is 11.9 Å². The standard InChI is InChI=1S/C10H10FN2O/c11-7-3-1-2-4-9(7)13-6-5-8(12)10(13)14/h2-4,8H,5-6,12H2/t8-/m0/s1. The van der Waals surface area contributed by atoms with Gasteiger partial charge in [-0.3, -0.25) is 4.79 Å². The minimum Gasteiger partial charge on any atom is -0.320 e. The maximum atomic E-state index is 13.3. The molecule has 0 aromatic heterocycles. The number of nitrogens with zero attached hydrogens (tertiary/aromatic N) is 1. The number of amides is 1. The minimum absolute atomic E-state index is 0.213. The molecular weight excluding hydrogens is 183 g/mol. The molecule has 3 nitrogen and oxygen atoms in total. The lowest BCUT2D eigenvalue weighted by molar-refractivity contribution is -0.118. The van der Waals surface area contributed by atoms with Crippen LogP contribution in [0.1, 0.15) is 6.42 Å². The number of halogens is 1. The van der Waals surface area contributed by atoms with Crippen LogP contribution >= 0.6 is 0 Å². The Bertz CT molecular complexity index is 367. The molecule has 73 valence electrons. The van der Waals surface area contributed by atoms with Gasteiger partial charge in [0.2, 0.25) is 5.91 Å². The summed E-state index contributed by atoms with van der Waals surface area (Å²) in [5.74, 6) is -0.648. The highest BCUT2D eigenvalue weighted by Crippen LogP contribution is 2.23. The Kier molecular flexibility index (Phi) is 2.21. The van der Waals surface area contributed by atoms with Crippen molar-refractivity contribution in [2.75, 3.05) is 11.4 Å². The van der Waals surface area contributed by atoms with E-state index in [1.807, 2.05) is 0 Å². The van der Waals surface area contributed by atoms with Crippen molar-refractivity contribution < 1.29 is 9.18 Å². The Labute approximate surface area is 81.3 Å². The highest BCUT2D eigenvalue weighted by atomic mass is 19.1. The highest BCUT2D eigenvalue weighted by Gasteiger charge is 2.30. The second-order valence-electron chi connectivity index (χ2n) is 3.26. The van der Waals surface area contributed by atoms with Crippen LogP contribution in [0.25, 0.3) is 0 Å². The van der Waals surface area contributed by atoms with Crippen molar-refractivity contribution in [1.82, 2.24) is 0 Å². The Morgan fingerprint density at radius 3 is 3.00 bits per heavy atom. The summed E-state index contributed by atoms with van der Waals surface area (Å²) < 4.78 is 13.3. The van der Waals surface area contributed by atoms with E-state index >= 15 is 0 Å². The van der Waals surface area contributed by atoms with E-state index in [-0.39, 0.29) is 5.91 Å². The van der Waals surface area contributed by atoms with Gasteiger partial charge in [0, 0.05) is 6.54 Å². The van der Waals surface area contributed by atoms with Crippen molar-refractivity contribution in [3.8, 4) is 0 Å². The molecular formula is C10H10FN2O. The molecule has 0 spiro atoms. The molecule has 1 saturated heterocycles. The average Bonchev–Trinajstić information content (AvgIpc) is 2.49. The third-order valence-electron chi connectivity index (χ3n) is 2.33. The van der Waals surface area contributed by atoms with Crippen molar-refractivity contribution in [2.24, 2.45) is 5.73 Å². The van der Waals surface area contributed by atoms with E-state index in [1.165, 1.54) is 17.0 Å². The number of hydrogen-bond acceptors (Lipinski definition) is 2. The van der Waals surface area contributed by atoms with E-state index in [2.05, 4.69) is 6.07 Å². The van der Waals surface area contributed by atoms with Gasteiger partial charge >= 0.3 is 0 Å². The Balaban J connectivity index is 2.33. The number of benzene rings is 1. The lowest BCUT2D eigenvalue weighted by Gasteiger charge is -2.16. The third kappa shape index (κ3) is 1.37. The lowest BCUT2D eigenvalue weighted by Crippen LogP contribution is -2.34. The average molecular weight is 193 g/mol. The summed E-state index contributed by atoms with van der Waals surface area (Å²) >= 11 is 0. The Morgan fingerprint density at radius 1 is 1.64 bits per heavy atom. The molecule has 2 N–H and O–H groups in total. The summed E-state index contributed by atoms with van der Waals surface area (Å²) in [4.78, 5) is 12.9. The molecule has 1 aliphatic rings. The summed E-state index contributed by atoms with van der Waals surface area (Å²) in [7, 11) is 0. The second-order valence-corrected chi connectivity index (χ2v) is 3.26. The van der Waals surface area contributed by atoms with Crippen molar-refractivity contribution in [2.45, 2.75) is 12.5 Å². The second kappa shape index (κ2) is 3.38. The van der Waals surface area contributed by atoms with Gasteiger partial charge in [-0.15, -0.1) is 0 Å². The maximum absolute atomic E-state index is 13.3. The first-order valence-electron chi connectivity index (χ1n) is 4.42. The van der Waals surface area contributed by atoms with Crippen molar-refractivity contribution in [3.63, 3.8) is 0 Å². The topological polar surface area (TPSA) is 46.3 Å². The first kappa shape index (κ1) is 9.15. The zero-order valence-electron chi connectivity index (χ0n) is 7.53. The van der Waals surface area contributed by atoms with Crippen molar-refractivity contribution >= 4 is 11.6 Å². The first-order valence-corrected chi connectivity index (χ1v) is 4.42. The minimum atomic E-state index is -0.487. The molecule has 1 heterocycles. The molecule has 0 saturated carbocycles. The molecule has 1 amide bonds. The van der Waals surface area contributed by atoms with Gasteiger partial charge in [-0.2, -0.15) is 0 Å². The third-order valence-corrected chi connectivity index (χ3v) is 2.33. The molecule has 0 bridgehead atoms. The van der Waals surface area contributed by atoms with Gasteiger partial charge in [0.05, 0.1) is 11.7 Å². The molecule has 1 radical (unpaired) electrons. The van der Waals surface area contributed by atoms with Crippen LogP contribution in [0, 0.1) is 11.9 Å². The van der Waals surface area contributed by atoms with E-state index in [9.17, 15) is 9.18 Å². The van der Waals surface area contributed by atoms with E-state index in [0.717, 1.165) is 0 Å². The van der Waals surface area contributed by atoms with Crippen LogP contribution in [-0.2, 0) is 4.79 Å². The summed E-state index contributed by atoms with van der Waals surface area (Å²) in [5, 5.41) is 0. The predicted molar refractivity (Wildman–Crippen MR) is 50.2 cm³/mol. The molecule has 0 unspecified atom stereocenters. The van der Waals surface area contributed by atoms with E-state index in [4.69, 9.17) is 5.73 Å². The predicted octanol–water partition coefficient (Wildman–Crippen LogP) is 0.690. The summed E-state index contributed by atoms with van der Waals surface area (Å²) in [6.45, 7) is 0.487. The number of nitrogens with two attached hydrogens (primary N) is 1. The number of rotatable bonds is 1. The van der Waals surface area contributed by atoms with Crippen LogP contribution in [0.3, 0.4) is 0 Å². The normalized spacial score (nSPS) is 21.7. The van der Waals surface area contributed by atoms with Crippen molar-refractivity contribution in [1.29, 1.82) is 0 Å². The molecule has 1 fully saturated rings. The largest absolute Gasteiger partial charge is 0.320 e. The SMILES string of the molecule is N[C@H]1CCN(c2cc[c]cc2F)C1=O. The summed E-state index contributed by atoms with van der Waals surface area (Å²) in [6, 6.07) is 6.45. The number of anilines is 1. The number of carbonyl (C=O) groups is 1. The van der Waals surface area contributed by atoms with Crippen LogP contribution in [0.2, 0.25) is 0 Å². The van der Waals surface area contributed by atoms with Gasteiger partial charge < -0.3 is 10.6 Å². The van der Waals surface area contributed by atoms with Gasteiger partial charge in [-0.05, 0) is 24.6 Å². The molecule has 1 aromatic rings. The van der Waals surface area contributed by atoms with Gasteiger partial charge in [0.15, 0.2) is 0 Å². The van der Waals surface area contributed by atoms with Gasteiger partial charge in [-0.25, -0.2) is 4.39 Å². The quantitative estimate of drug-likeness (QED) is 0.713. The fourth-order valence-electron chi connectivity index (χ4n) is 1.56. The smallest absolute Gasteiger partial charge is 0.244 e. The molecule has 1 aliphatic heterocycles. The molecule has 2 rings (SSSR count). The monoisotopic (exact) mass is 193 g/mol.